The first kappa shape index (κ1) is 19.8. The highest BCUT2D eigenvalue weighted by molar-refractivity contribution is 5.92. The number of oxazole rings is 1. The zero-order valence-corrected chi connectivity index (χ0v) is 17.3. The van der Waals surface area contributed by atoms with Crippen molar-refractivity contribution < 1.29 is 14.3 Å². The van der Waals surface area contributed by atoms with Crippen LogP contribution in [0.5, 0.6) is 0 Å². The molecular weight excluding hydrogens is 382 g/mol. The fourth-order valence-electron chi connectivity index (χ4n) is 6.24. The van der Waals surface area contributed by atoms with E-state index in [1.807, 2.05) is 12.1 Å². The number of primary amides is 1. The van der Waals surface area contributed by atoms with Crippen molar-refractivity contribution in [3.05, 3.63) is 34.3 Å². The summed E-state index contributed by atoms with van der Waals surface area (Å²) < 4.78 is 5.13. The van der Waals surface area contributed by atoms with Crippen LogP contribution in [0.1, 0.15) is 50.5 Å². The second-order valence-corrected chi connectivity index (χ2v) is 9.64. The number of likely N-dealkylation sites (tertiary alicyclic amines) is 1. The molecule has 7 nitrogen and oxygen atoms in total. The molecule has 30 heavy (non-hydrogen) atoms. The van der Waals surface area contributed by atoms with Crippen molar-refractivity contribution >= 4 is 17.0 Å². The highest BCUT2D eigenvalue weighted by Crippen LogP contribution is 2.60. The fraction of sp³-hybridized carbons (Fsp3) is 0.652. The minimum Gasteiger partial charge on any atom is -0.408 e. The number of aliphatic hydroxyl groups excluding tert-OH is 1. The third kappa shape index (κ3) is 3.38. The summed E-state index contributed by atoms with van der Waals surface area (Å²) >= 11 is 0. The summed E-state index contributed by atoms with van der Waals surface area (Å²) in [6, 6.07) is 5.51. The van der Waals surface area contributed by atoms with Crippen molar-refractivity contribution in [1.29, 1.82) is 0 Å². The Morgan fingerprint density at radius 1 is 1.30 bits per heavy atom. The van der Waals surface area contributed by atoms with Crippen LogP contribution < -0.4 is 11.5 Å². The topological polar surface area (TPSA) is 113 Å². The van der Waals surface area contributed by atoms with Gasteiger partial charge in [0.25, 0.3) is 0 Å². The van der Waals surface area contributed by atoms with Gasteiger partial charge in [-0.25, -0.2) is 4.79 Å². The summed E-state index contributed by atoms with van der Waals surface area (Å²) in [5.74, 6) is 0.421. The Bertz CT molecular complexity index is 992. The van der Waals surface area contributed by atoms with Crippen molar-refractivity contribution in [2.75, 3.05) is 19.6 Å². The highest BCUT2D eigenvalue weighted by Gasteiger charge is 2.63. The van der Waals surface area contributed by atoms with E-state index in [9.17, 15) is 14.7 Å². The van der Waals surface area contributed by atoms with E-state index < -0.39 is 11.2 Å². The van der Waals surface area contributed by atoms with Crippen LogP contribution in [0, 0.1) is 17.8 Å². The van der Waals surface area contributed by atoms with E-state index in [4.69, 9.17) is 10.2 Å². The number of nitrogens with two attached hydrogens (primary N) is 1. The van der Waals surface area contributed by atoms with Gasteiger partial charge in [0.05, 0.1) is 17.0 Å². The van der Waals surface area contributed by atoms with Crippen molar-refractivity contribution in [3.8, 4) is 0 Å². The number of nitrogens with zero attached hydrogens (tertiary/aromatic N) is 1. The standard InChI is InChI=1S/C23H31N3O4/c24-21(28)23(15-6-7-20-19(10-15)25-22(29)30-20)11-18(23)17(14-4-2-1-3-5-14)13-26-9-8-16(27)12-26/h6-7,10,14,16-18,27H,1-5,8-9,11-13H2,(H2,24,28)(H,25,29)/t16-,17-,18?,23?/m0/s1. The number of aromatic nitrogens is 1. The van der Waals surface area contributed by atoms with Gasteiger partial charge in [-0.2, -0.15) is 0 Å². The summed E-state index contributed by atoms with van der Waals surface area (Å²) in [6.45, 7) is 2.57. The van der Waals surface area contributed by atoms with Crippen LogP contribution in [-0.4, -0.2) is 46.6 Å². The lowest BCUT2D eigenvalue weighted by Gasteiger charge is -2.35. The number of H-pyrrole nitrogens is 1. The number of rotatable bonds is 6. The number of hydrogen-bond acceptors (Lipinski definition) is 5. The molecule has 0 spiro atoms. The fourth-order valence-corrected chi connectivity index (χ4v) is 6.24. The number of β-amino-alcohol motifs (C(OH)–C–C–N with tert-alkyl or cyclic N) is 1. The zero-order valence-electron chi connectivity index (χ0n) is 17.3. The third-order valence-electron chi connectivity index (χ3n) is 7.88. The number of aromatic amines is 1. The normalized spacial score (nSPS) is 31.2. The Labute approximate surface area is 175 Å². The summed E-state index contributed by atoms with van der Waals surface area (Å²) in [7, 11) is 0. The maximum atomic E-state index is 12.8. The number of carbonyl (C=O) groups is 1. The van der Waals surface area contributed by atoms with E-state index in [1.165, 1.54) is 32.1 Å². The monoisotopic (exact) mass is 413 g/mol. The molecule has 162 valence electrons. The van der Waals surface area contributed by atoms with Crippen LogP contribution in [0.25, 0.3) is 11.1 Å². The Kier molecular flexibility index (Phi) is 4.98. The number of fused-ring (bicyclic) bond motifs is 1. The van der Waals surface area contributed by atoms with Gasteiger partial charge >= 0.3 is 5.76 Å². The van der Waals surface area contributed by atoms with Crippen LogP contribution in [0.2, 0.25) is 0 Å². The number of hydrogen-bond donors (Lipinski definition) is 3. The van der Waals surface area contributed by atoms with Gasteiger partial charge in [0, 0.05) is 19.6 Å². The van der Waals surface area contributed by atoms with E-state index in [0.29, 0.717) is 22.9 Å². The van der Waals surface area contributed by atoms with E-state index >= 15 is 0 Å². The molecule has 2 heterocycles. The van der Waals surface area contributed by atoms with E-state index in [2.05, 4.69) is 9.88 Å². The molecular formula is C23H31N3O4. The van der Waals surface area contributed by atoms with Crippen molar-refractivity contribution in [3.63, 3.8) is 0 Å². The molecule has 2 unspecified atom stereocenters. The van der Waals surface area contributed by atoms with Crippen molar-refractivity contribution in [2.45, 2.75) is 56.5 Å². The lowest BCUT2D eigenvalue weighted by molar-refractivity contribution is -0.121. The van der Waals surface area contributed by atoms with Crippen molar-refractivity contribution in [1.82, 2.24) is 9.88 Å². The first-order chi connectivity index (χ1) is 14.5. The molecule has 5 rings (SSSR count). The second kappa shape index (κ2) is 7.54. The van der Waals surface area contributed by atoms with E-state index in [1.54, 1.807) is 6.07 Å². The number of amides is 1. The average Bonchev–Trinajstić information content (AvgIpc) is 3.18. The van der Waals surface area contributed by atoms with Crippen LogP contribution >= 0.6 is 0 Å². The summed E-state index contributed by atoms with van der Waals surface area (Å²) in [6.07, 6.45) is 7.56. The molecule has 0 radical (unpaired) electrons. The van der Waals surface area contributed by atoms with Crippen LogP contribution in [-0.2, 0) is 10.2 Å². The number of aliphatic hydroxyl groups is 1. The van der Waals surface area contributed by atoms with Gasteiger partial charge in [0.1, 0.15) is 0 Å². The Morgan fingerprint density at radius 3 is 2.80 bits per heavy atom. The molecule has 1 saturated heterocycles. The number of carbonyl (C=O) groups excluding carboxylic acids is 1. The molecule has 2 saturated carbocycles. The van der Waals surface area contributed by atoms with E-state index in [-0.39, 0.29) is 17.9 Å². The smallest absolute Gasteiger partial charge is 0.408 e. The molecule has 4 atom stereocenters. The van der Waals surface area contributed by atoms with Crippen molar-refractivity contribution in [2.24, 2.45) is 23.5 Å². The average molecular weight is 414 g/mol. The molecule has 0 bridgehead atoms. The summed E-state index contributed by atoms with van der Waals surface area (Å²) in [5.41, 5.74) is 7.33. The minimum atomic E-state index is -0.678. The number of nitrogens with one attached hydrogen (secondary N) is 1. The third-order valence-corrected chi connectivity index (χ3v) is 7.88. The molecule has 1 amide bonds. The minimum absolute atomic E-state index is 0.201. The summed E-state index contributed by atoms with van der Waals surface area (Å²) in [4.78, 5) is 29.4. The van der Waals surface area contributed by atoms with Gasteiger partial charge in [0.15, 0.2) is 5.58 Å². The van der Waals surface area contributed by atoms with Gasteiger partial charge < -0.3 is 20.2 Å². The van der Waals surface area contributed by atoms with Gasteiger partial charge in [-0.05, 0) is 48.3 Å². The molecule has 2 aliphatic carbocycles. The quantitative estimate of drug-likeness (QED) is 0.672. The first-order valence-corrected chi connectivity index (χ1v) is 11.3. The lowest BCUT2D eigenvalue weighted by atomic mass is 9.74. The maximum absolute atomic E-state index is 12.8. The largest absolute Gasteiger partial charge is 0.417 e. The molecule has 1 aromatic heterocycles. The number of benzene rings is 1. The highest BCUT2D eigenvalue weighted by atomic mass is 16.4. The first-order valence-electron chi connectivity index (χ1n) is 11.3. The van der Waals surface area contributed by atoms with Gasteiger partial charge in [-0.15, -0.1) is 0 Å². The Morgan fingerprint density at radius 2 is 2.10 bits per heavy atom. The van der Waals surface area contributed by atoms with Crippen LogP contribution in [0.3, 0.4) is 0 Å². The molecule has 2 aromatic rings. The molecule has 1 aliphatic heterocycles. The SMILES string of the molecule is NC(=O)C1(c2ccc3oc(=O)[nH]c3c2)CC1[C@@H](CN1CC[C@H](O)C1)C1CCCCC1. The molecule has 3 aliphatic rings. The second-order valence-electron chi connectivity index (χ2n) is 9.64. The molecule has 3 fully saturated rings. The molecule has 1 aromatic carbocycles. The Balaban J connectivity index is 1.46. The van der Waals surface area contributed by atoms with Gasteiger partial charge in [0.2, 0.25) is 5.91 Å². The predicted octanol–water partition coefficient (Wildman–Crippen LogP) is 2.13. The molecule has 4 N–H and O–H groups in total. The van der Waals surface area contributed by atoms with Crippen LogP contribution in [0.15, 0.2) is 27.4 Å². The zero-order chi connectivity index (χ0) is 20.9. The lowest BCUT2D eigenvalue weighted by Crippen LogP contribution is -2.39. The predicted molar refractivity (Wildman–Crippen MR) is 113 cm³/mol. The van der Waals surface area contributed by atoms with E-state index in [0.717, 1.165) is 38.0 Å². The summed E-state index contributed by atoms with van der Waals surface area (Å²) in [5, 5.41) is 9.99. The van der Waals surface area contributed by atoms with Crippen LogP contribution in [0.4, 0.5) is 0 Å². The van der Waals surface area contributed by atoms with Gasteiger partial charge in [-0.3, -0.25) is 9.78 Å². The van der Waals surface area contributed by atoms with Gasteiger partial charge in [-0.1, -0.05) is 38.2 Å². The molecule has 7 heteroatoms. The Hall–Kier alpha value is -2.12. The maximum Gasteiger partial charge on any atom is 0.417 e.